The van der Waals surface area contributed by atoms with Crippen molar-refractivity contribution >= 4 is 29.0 Å². The first-order valence-corrected chi connectivity index (χ1v) is 7.19. The molecule has 2 aromatic rings. The Bertz CT molecular complexity index is 656. The molecule has 3 nitrogen and oxygen atoms in total. The number of carbonyl (C=O) groups excluding carboxylic acids is 1. The molecule has 0 saturated heterocycles. The molecule has 0 spiro atoms. The summed E-state index contributed by atoms with van der Waals surface area (Å²) in [5.41, 5.74) is 6.87. The molecule has 1 amide bonds. The Balaban J connectivity index is 2.01. The van der Waals surface area contributed by atoms with Crippen LogP contribution in [0.2, 0.25) is 0 Å². The number of thioether (sulfide) groups is 1. The number of hydrogen-bond donors (Lipinski definition) is 2. The molecule has 2 rings (SSSR count). The summed E-state index contributed by atoms with van der Waals surface area (Å²) < 4.78 is 26.8. The quantitative estimate of drug-likeness (QED) is 0.670. The van der Waals surface area contributed by atoms with Crippen molar-refractivity contribution in [3.8, 4) is 0 Å². The van der Waals surface area contributed by atoms with Crippen LogP contribution >= 0.6 is 11.8 Å². The molecule has 0 atom stereocenters. The average molecular weight is 308 g/mol. The maximum Gasteiger partial charge on any atom is 0.234 e. The molecular weight excluding hydrogens is 294 g/mol. The van der Waals surface area contributed by atoms with Crippen LogP contribution < -0.4 is 11.1 Å². The number of anilines is 2. The summed E-state index contributed by atoms with van der Waals surface area (Å²) >= 11 is 1.26. The van der Waals surface area contributed by atoms with E-state index in [1.165, 1.54) is 17.8 Å². The molecule has 0 unspecified atom stereocenters. The van der Waals surface area contributed by atoms with Gasteiger partial charge in [-0.1, -0.05) is 12.1 Å². The van der Waals surface area contributed by atoms with Crippen LogP contribution in [0.3, 0.4) is 0 Å². The number of nitrogen functional groups attached to an aromatic ring is 1. The van der Waals surface area contributed by atoms with Gasteiger partial charge < -0.3 is 11.1 Å². The normalized spacial score (nSPS) is 10.4. The number of hydrogen-bond acceptors (Lipinski definition) is 3. The first-order chi connectivity index (χ1) is 9.99. The zero-order chi connectivity index (χ0) is 15.4. The topological polar surface area (TPSA) is 55.1 Å². The molecule has 110 valence electrons. The lowest BCUT2D eigenvalue weighted by molar-refractivity contribution is -0.113. The van der Waals surface area contributed by atoms with Crippen molar-refractivity contribution in [2.24, 2.45) is 0 Å². The Morgan fingerprint density at radius 3 is 2.48 bits per heavy atom. The van der Waals surface area contributed by atoms with Gasteiger partial charge in [0, 0.05) is 10.6 Å². The second-order valence-electron chi connectivity index (χ2n) is 4.40. The van der Waals surface area contributed by atoms with E-state index in [1.54, 1.807) is 12.1 Å². The first-order valence-electron chi connectivity index (χ1n) is 6.21. The highest BCUT2D eigenvalue weighted by atomic mass is 32.2. The van der Waals surface area contributed by atoms with Gasteiger partial charge in [-0.05, 0) is 36.8 Å². The molecule has 2 aromatic carbocycles. The highest BCUT2D eigenvalue weighted by Gasteiger charge is 2.12. The van der Waals surface area contributed by atoms with Crippen LogP contribution in [0.1, 0.15) is 5.56 Å². The van der Waals surface area contributed by atoms with E-state index < -0.39 is 23.2 Å². The van der Waals surface area contributed by atoms with E-state index in [-0.39, 0.29) is 5.75 Å². The van der Waals surface area contributed by atoms with Gasteiger partial charge in [0.15, 0.2) is 0 Å². The Morgan fingerprint density at radius 1 is 1.19 bits per heavy atom. The Morgan fingerprint density at radius 2 is 1.81 bits per heavy atom. The van der Waals surface area contributed by atoms with E-state index in [0.29, 0.717) is 5.69 Å². The molecule has 0 saturated carbocycles. The second kappa shape index (κ2) is 6.58. The molecule has 0 aliphatic carbocycles. The minimum atomic E-state index is -0.798. The summed E-state index contributed by atoms with van der Waals surface area (Å²) in [6.07, 6.45) is 0. The van der Waals surface area contributed by atoms with Gasteiger partial charge in [0.05, 0.1) is 5.75 Å². The van der Waals surface area contributed by atoms with Crippen molar-refractivity contribution in [3.05, 3.63) is 53.6 Å². The molecule has 21 heavy (non-hydrogen) atoms. The number of halogens is 2. The predicted molar refractivity (Wildman–Crippen MR) is 81.3 cm³/mol. The summed E-state index contributed by atoms with van der Waals surface area (Å²) in [5.74, 6) is -2.04. The van der Waals surface area contributed by atoms with E-state index >= 15 is 0 Å². The van der Waals surface area contributed by atoms with Gasteiger partial charge in [-0.25, -0.2) is 8.78 Å². The van der Waals surface area contributed by atoms with Crippen molar-refractivity contribution in [1.82, 2.24) is 0 Å². The fraction of sp³-hybridized carbons (Fsp3) is 0.133. The summed E-state index contributed by atoms with van der Waals surface area (Å²) in [6.45, 7) is 1.85. The maximum absolute atomic E-state index is 13.4. The molecule has 0 fully saturated rings. The highest BCUT2D eigenvalue weighted by molar-refractivity contribution is 8.00. The molecule has 0 bridgehead atoms. The molecule has 0 aliphatic heterocycles. The van der Waals surface area contributed by atoms with Gasteiger partial charge in [0.1, 0.15) is 17.3 Å². The van der Waals surface area contributed by atoms with Crippen molar-refractivity contribution in [2.75, 3.05) is 16.8 Å². The smallest absolute Gasteiger partial charge is 0.234 e. The van der Waals surface area contributed by atoms with Crippen LogP contribution in [-0.2, 0) is 4.79 Å². The monoisotopic (exact) mass is 308 g/mol. The Hall–Kier alpha value is -2.08. The van der Waals surface area contributed by atoms with E-state index in [2.05, 4.69) is 5.32 Å². The molecule has 0 heterocycles. The Kier molecular flexibility index (Phi) is 4.80. The number of nitrogens with one attached hydrogen (secondary N) is 1. The highest BCUT2D eigenvalue weighted by Crippen LogP contribution is 2.26. The Labute approximate surface area is 125 Å². The van der Waals surface area contributed by atoms with E-state index in [4.69, 9.17) is 5.73 Å². The van der Waals surface area contributed by atoms with E-state index in [0.717, 1.165) is 22.6 Å². The third-order valence-corrected chi connectivity index (χ3v) is 4.07. The molecule has 0 aromatic heterocycles. The number of nitrogens with two attached hydrogens (primary N) is 1. The lowest BCUT2D eigenvalue weighted by Crippen LogP contribution is -2.16. The van der Waals surface area contributed by atoms with E-state index in [9.17, 15) is 13.6 Å². The van der Waals surface area contributed by atoms with Gasteiger partial charge >= 0.3 is 0 Å². The fourth-order valence-corrected chi connectivity index (χ4v) is 2.59. The minimum absolute atomic E-state index is 0.0397. The number of para-hydroxylation sites is 1. The third kappa shape index (κ3) is 3.72. The average Bonchev–Trinajstić information content (AvgIpc) is 2.45. The zero-order valence-electron chi connectivity index (χ0n) is 11.3. The zero-order valence-corrected chi connectivity index (χ0v) is 12.1. The molecular formula is C15H14F2N2OS. The standard InChI is InChI=1S/C15H14F2N2OS/c1-9-12(18)6-3-7-13(9)21-8-14(20)19-15-10(16)4-2-5-11(15)17/h2-7H,8,18H2,1H3,(H,19,20). The second-order valence-corrected chi connectivity index (χ2v) is 5.42. The van der Waals surface area contributed by atoms with Crippen LogP contribution in [0.15, 0.2) is 41.3 Å². The van der Waals surface area contributed by atoms with Gasteiger partial charge in [0.2, 0.25) is 5.91 Å². The van der Waals surface area contributed by atoms with Crippen molar-refractivity contribution < 1.29 is 13.6 Å². The third-order valence-electron chi connectivity index (χ3n) is 2.91. The number of benzene rings is 2. The first kappa shape index (κ1) is 15.3. The van der Waals surface area contributed by atoms with Crippen LogP contribution in [0.4, 0.5) is 20.2 Å². The summed E-state index contributed by atoms with van der Waals surface area (Å²) in [4.78, 5) is 12.7. The predicted octanol–water partition coefficient (Wildman–Crippen LogP) is 3.59. The summed E-state index contributed by atoms with van der Waals surface area (Å²) in [7, 11) is 0. The SMILES string of the molecule is Cc1c(N)cccc1SCC(=O)Nc1c(F)cccc1F. The largest absolute Gasteiger partial charge is 0.398 e. The van der Waals surface area contributed by atoms with Crippen molar-refractivity contribution in [2.45, 2.75) is 11.8 Å². The number of rotatable bonds is 4. The van der Waals surface area contributed by atoms with E-state index in [1.807, 2.05) is 13.0 Å². The lowest BCUT2D eigenvalue weighted by atomic mass is 10.2. The van der Waals surface area contributed by atoms with Gasteiger partial charge in [0.25, 0.3) is 0 Å². The fourth-order valence-electron chi connectivity index (χ4n) is 1.72. The summed E-state index contributed by atoms with van der Waals surface area (Å²) in [6, 6.07) is 8.83. The summed E-state index contributed by atoms with van der Waals surface area (Å²) in [5, 5.41) is 2.24. The van der Waals surface area contributed by atoms with Crippen molar-refractivity contribution in [3.63, 3.8) is 0 Å². The van der Waals surface area contributed by atoms with Crippen LogP contribution in [0, 0.1) is 18.6 Å². The molecule has 3 N–H and O–H groups in total. The molecule has 0 radical (unpaired) electrons. The minimum Gasteiger partial charge on any atom is -0.398 e. The number of carbonyl (C=O) groups is 1. The van der Waals surface area contributed by atoms with Gasteiger partial charge in [-0.15, -0.1) is 11.8 Å². The molecule has 6 heteroatoms. The molecule has 0 aliphatic rings. The lowest BCUT2D eigenvalue weighted by Gasteiger charge is -2.09. The van der Waals surface area contributed by atoms with Crippen molar-refractivity contribution in [1.29, 1.82) is 0 Å². The number of amides is 1. The maximum atomic E-state index is 13.4. The van der Waals surface area contributed by atoms with Crippen LogP contribution in [0.5, 0.6) is 0 Å². The van der Waals surface area contributed by atoms with Gasteiger partial charge in [-0.2, -0.15) is 0 Å². The van der Waals surface area contributed by atoms with Crippen LogP contribution in [0.25, 0.3) is 0 Å². The van der Waals surface area contributed by atoms with Crippen LogP contribution in [-0.4, -0.2) is 11.7 Å². The van der Waals surface area contributed by atoms with Gasteiger partial charge in [-0.3, -0.25) is 4.79 Å².